The molecule has 2 N–H and O–H groups in total. The van der Waals surface area contributed by atoms with E-state index in [0.717, 1.165) is 53.9 Å². The van der Waals surface area contributed by atoms with E-state index in [4.69, 9.17) is 0 Å². The molecule has 0 radical (unpaired) electrons. The second-order valence-electron chi connectivity index (χ2n) is 6.28. The van der Waals surface area contributed by atoms with Crippen molar-refractivity contribution in [1.82, 2.24) is 30.6 Å². The fourth-order valence-corrected chi connectivity index (χ4v) is 3.11. The Kier molecular flexibility index (Phi) is 4.15. The smallest absolute Gasteiger partial charge is 0.274 e. The third kappa shape index (κ3) is 3.10. The molecule has 0 atom stereocenters. The molecule has 7 nitrogen and oxygen atoms in total. The molecule has 0 bridgehead atoms. The summed E-state index contributed by atoms with van der Waals surface area (Å²) in [4.78, 5) is 14.4. The Morgan fingerprint density at radius 1 is 1.12 bits per heavy atom. The SMILES string of the molecule is Cc1[nH]nc2ccc(-c3ccc(C(=O)N4CCCNCC4)nn3)cc12. The molecule has 0 saturated carbocycles. The topological polar surface area (TPSA) is 86.8 Å². The lowest BCUT2D eigenvalue weighted by Crippen LogP contribution is -2.34. The highest BCUT2D eigenvalue weighted by atomic mass is 16.2. The normalized spacial score (nSPS) is 15.3. The monoisotopic (exact) mass is 336 g/mol. The molecule has 1 fully saturated rings. The van der Waals surface area contributed by atoms with Gasteiger partial charge in [0.2, 0.25) is 0 Å². The van der Waals surface area contributed by atoms with Gasteiger partial charge in [-0.2, -0.15) is 5.10 Å². The summed E-state index contributed by atoms with van der Waals surface area (Å²) in [6.07, 6.45) is 0.960. The van der Waals surface area contributed by atoms with E-state index in [1.807, 2.05) is 36.1 Å². The zero-order chi connectivity index (χ0) is 17.2. The summed E-state index contributed by atoms with van der Waals surface area (Å²) >= 11 is 0. The van der Waals surface area contributed by atoms with Crippen molar-refractivity contribution in [2.45, 2.75) is 13.3 Å². The Bertz CT molecular complexity index is 894. The van der Waals surface area contributed by atoms with Crippen molar-refractivity contribution in [2.24, 2.45) is 0 Å². The third-order valence-corrected chi connectivity index (χ3v) is 4.55. The van der Waals surface area contributed by atoms with E-state index in [2.05, 4.69) is 25.7 Å². The van der Waals surface area contributed by atoms with Crippen LogP contribution in [0.4, 0.5) is 0 Å². The number of rotatable bonds is 2. The highest BCUT2D eigenvalue weighted by Crippen LogP contribution is 2.23. The van der Waals surface area contributed by atoms with Gasteiger partial charge in [0.1, 0.15) is 0 Å². The molecule has 128 valence electrons. The zero-order valence-corrected chi connectivity index (χ0v) is 14.1. The standard InChI is InChI=1S/C18H20N6O/c1-12-14-11-13(3-4-16(14)22-20-12)15-5-6-17(23-21-15)18(25)24-9-2-7-19-8-10-24/h3-6,11,19H,2,7-10H2,1H3,(H,20,22). The van der Waals surface area contributed by atoms with Crippen LogP contribution in [-0.2, 0) is 0 Å². The molecule has 4 rings (SSSR count). The summed E-state index contributed by atoms with van der Waals surface area (Å²) < 4.78 is 0. The quantitative estimate of drug-likeness (QED) is 0.745. The van der Waals surface area contributed by atoms with Gasteiger partial charge in [0.05, 0.1) is 11.2 Å². The average molecular weight is 336 g/mol. The molecule has 2 aromatic heterocycles. The van der Waals surface area contributed by atoms with E-state index in [-0.39, 0.29) is 5.91 Å². The molecule has 0 aliphatic carbocycles. The van der Waals surface area contributed by atoms with Gasteiger partial charge in [0, 0.05) is 36.3 Å². The number of H-pyrrole nitrogens is 1. The Morgan fingerprint density at radius 3 is 2.88 bits per heavy atom. The summed E-state index contributed by atoms with van der Waals surface area (Å²) in [6.45, 7) is 5.22. The second kappa shape index (κ2) is 6.60. The van der Waals surface area contributed by atoms with Gasteiger partial charge in [0.15, 0.2) is 5.69 Å². The number of aryl methyl sites for hydroxylation is 1. The van der Waals surface area contributed by atoms with Crippen molar-refractivity contribution in [2.75, 3.05) is 26.2 Å². The average Bonchev–Trinajstić information content (AvgIpc) is 2.86. The van der Waals surface area contributed by atoms with E-state index in [1.54, 1.807) is 6.07 Å². The van der Waals surface area contributed by atoms with Gasteiger partial charge in [0.25, 0.3) is 5.91 Å². The third-order valence-electron chi connectivity index (χ3n) is 4.55. The van der Waals surface area contributed by atoms with Gasteiger partial charge in [-0.1, -0.05) is 6.07 Å². The number of nitrogens with one attached hydrogen (secondary N) is 2. The first-order valence-electron chi connectivity index (χ1n) is 8.51. The minimum Gasteiger partial charge on any atom is -0.336 e. The summed E-state index contributed by atoms with van der Waals surface area (Å²) in [7, 11) is 0. The lowest BCUT2D eigenvalue weighted by atomic mass is 10.1. The molecule has 1 aliphatic rings. The predicted molar refractivity (Wildman–Crippen MR) is 95.2 cm³/mol. The number of carbonyl (C=O) groups is 1. The molecular formula is C18H20N6O. The molecule has 0 spiro atoms. The number of aromatic nitrogens is 4. The number of benzene rings is 1. The summed E-state index contributed by atoms with van der Waals surface area (Å²) in [6, 6.07) is 9.58. The van der Waals surface area contributed by atoms with Crippen molar-refractivity contribution in [3.8, 4) is 11.3 Å². The Balaban J connectivity index is 1.58. The second-order valence-corrected chi connectivity index (χ2v) is 6.28. The van der Waals surface area contributed by atoms with Crippen LogP contribution in [0.25, 0.3) is 22.2 Å². The van der Waals surface area contributed by atoms with Gasteiger partial charge < -0.3 is 10.2 Å². The van der Waals surface area contributed by atoms with Crippen molar-refractivity contribution in [1.29, 1.82) is 0 Å². The molecule has 25 heavy (non-hydrogen) atoms. The molecule has 1 amide bonds. The summed E-state index contributed by atoms with van der Waals surface area (Å²) in [5.41, 5.74) is 4.05. The van der Waals surface area contributed by atoms with Crippen LogP contribution < -0.4 is 5.32 Å². The minimum absolute atomic E-state index is 0.0520. The van der Waals surface area contributed by atoms with Gasteiger partial charge in [-0.3, -0.25) is 9.89 Å². The lowest BCUT2D eigenvalue weighted by Gasteiger charge is -2.19. The van der Waals surface area contributed by atoms with Crippen LogP contribution in [0.1, 0.15) is 22.6 Å². The number of hydrogen-bond donors (Lipinski definition) is 2. The van der Waals surface area contributed by atoms with Crippen molar-refractivity contribution in [3.63, 3.8) is 0 Å². The first kappa shape index (κ1) is 15.7. The van der Waals surface area contributed by atoms with Gasteiger partial charge >= 0.3 is 0 Å². The Hall–Kier alpha value is -2.80. The van der Waals surface area contributed by atoms with Crippen LogP contribution in [-0.4, -0.2) is 57.4 Å². The fourth-order valence-electron chi connectivity index (χ4n) is 3.11. The van der Waals surface area contributed by atoms with Crippen molar-refractivity contribution < 1.29 is 4.79 Å². The Labute approximate surface area is 145 Å². The van der Waals surface area contributed by atoms with Crippen LogP contribution in [0, 0.1) is 6.92 Å². The number of amides is 1. The molecule has 1 aliphatic heterocycles. The number of fused-ring (bicyclic) bond motifs is 1. The molecule has 1 aromatic carbocycles. The highest BCUT2D eigenvalue weighted by Gasteiger charge is 2.18. The van der Waals surface area contributed by atoms with E-state index in [1.165, 1.54) is 0 Å². The molecule has 1 saturated heterocycles. The molecular weight excluding hydrogens is 316 g/mol. The van der Waals surface area contributed by atoms with Gasteiger partial charge in [-0.25, -0.2) is 0 Å². The zero-order valence-electron chi connectivity index (χ0n) is 14.1. The largest absolute Gasteiger partial charge is 0.336 e. The van der Waals surface area contributed by atoms with Crippen LogP contribution in [0.15, 0.2) is 30.3 Å². The first-order chi connectivity index (χ1) is 12.2. The molecule has 7 heteroatoms. The lowest BCUT2D eigenvalue weighted by molar-refractivity contribution is 0.0759. The minimum atomic E-state index is -0.0520. The number of hydrogen-bond acceptors (Lipinski definition) is 5. The molecule has 0 unspecified atom stereocenters. The van der Waals surface area contributed by atoms with Crippen LogP contribution in [0.2, 0.25) is 0 Å². The number of nitrogens with zero attached hydrogens (tertiary/aromatic N) is 4. The first-order valence-corrected chi connectivity index (χ1v) is 8.51. The van der Waals surface area contributed by atoms with E-state index in [9.17, 15) is 4.79 Å². The van der Waals surface area contributed by atoms with Crippen LogP contribution in [0.5, 0.6) is 0 Å². The summed E-state index contributed by atoms with van der Waals surface area (Å²) in [5.74, 6) is -0.0520. The molecule has 3 aromatic rings. The molecule has 3 heterocycles. The van der Waals surface area contributed by atoms with Crippen LogP contribution in [0.3, 0.4) is 0 Å². The maximum absolute atomic E-state index is 12.6. The van der Waals surface area contributed by atoms with E-state index < -0.39 is 0 Å². The van der Waals surface area contributed by atoms with E-state index >= 15 is 0 Å². The van der Waals surface area contributed by atoms with Gasteiger partial charge in [-0.15, -0.1) is 10.2 Å². The number of aromatic amines is 1. The Morgan fingerprint density at radius 2 is 2.04 bits per heavy atom. The predicted octanol–water partition coefficient (Wildman–Crippen LogP) is 1.76. The highest BCUT2D eigenvalue weighted by molar-refractivity contribution is 5.92. The van der Waals surface area contributed by atoms with Crippen LogP contribution >= 0.6 is 0 Å². The van der Waals surface area contributed by atoms with Crippen molar-refractivity contribution >= 4 is 16.8 Å². The van der Waals surface area contributed by atoms with Crippen molar-refractivity contribution in [3.05, 3.63) is 41.7 Å². The summed E-state index contributed by atoms with van der Waals surface area (Å²) in [5, 5.41) is 20.0. The fraction of sp³-hybridized carbons (Fsp3) is 0.333. The number of carbonyl (C=O) groups excluding carboxylic acids is 1. The van der Waals surface area contributed by atoms with E-state index in [0.29, 0.717) is 12.2 Å². The maximum atomic E-state index is 12.6. The maximum Gasteiger partial charge on any atom is 0.274 e. The van der Waals surface area contributed by atoms with Gasteiger partial charge in [-0.05, 0) is 44.2 Å².